The van der Waals surface area contributed by atoms with Crippen LogP contribution in [0.1, 0.15) is 43.1 Å². The summed E-state index contributed by atoms with van der Waals surface area (Å²) in [6, 6.07) is 0. The minimum absolute atomic E-state index is 0.232. The highest BCUT2D eigenvalue weighted by Crippen LogP contribution is 2.58. The van der Waals surface area contributed by atoms with Gasteiger partial charge in [-0.2, -0.15) is 5.10 Å². The van der Waals surface area contributed by atoms with Crippen LogP contribution in [0.3, 0.4) is 0 Å². The molecule has 0 aromatic carbocycles. The summed E-state index contributed by atoms with van der Waals surface area (Å²) in [7, 11) is 0. The van der Waals surface area contributed by atoms with Gasteiger partial charge in [0.15, 0.2) is 5.78 Å². The first-order chi connectivity index (χ1) is 8.24. The van der Waals surface area contributed by atoms with Crippen molar-refractivity contribution in [2.24, 2.45) is 17.8 Å². The number of aromatic nitrogens is 2. The van der Waals surface area contributed by atoms with Gasteiger partial charge < -0.3 is 0 Å². The fraction of sp³-hybridized carbons (Fsp3) is 0.692. The van der Waals surface area contributed by atoms with Crippen molar-refractivity contribution < 1.29 is 4.79 Å². The third-order valence-corrected chi connectivity index (χ3v) is 4.45. The fourth-order valence-corrected chi connectivity index (χ4v) is 3.59. The van der Waals surface area contributed by atoms with Crippen molar-refractivity contribution in [3.8, 4) is 0 Å². The van der Waals surface area contributed by atoms with Crippen LogP contribution in [0, 0.1) is 17.8 Å². The first kappa shape index (κ1) is 11.3. The van der Waals surface area contributed by atoms with E-state index in [4.69, 9.17) is 11.6 Å². The van der Waals surface area contributed by atoms with Crippen LogP contribution in [-0.4, -0.2) is 15.6 Å². The van der Waals surface area contributed by atoms with Crippen LogP contribution in [0.4, 0.5) is 0 Å². The molecule has 0 spiro atoms. The van der Waals surface area contributed by atoms with E-state index in [2.05, 4.69) is 12.0 Å². The van der Waals surface area contributed by atoms with Crippen molar-refractivity contribution >= 4 is 17.4 Å². The van der Waals surface area contributed by atoms with Gasteiger partial charge in [-0.15, -0.1) is 0 Å². The summed E-state index contributed by atoms with van der Waals surface area (Å²) in [5.74, 6) is 1.76. The molecule has 2 saturated carbocycles. The standard InChI is InChI=1S/C13H17ClN2O/c1-2-6-16-12(10(14)7-15-16)13(17)11-8-4-3-5-9(8)11/h7-9,11H,2-6H2,1H3. The molecule has 4 heteroatoms. The number of ketones is 1. The van der Waals surface area contributed by atoms with E-state index in [1.54, 1.807) is 10.9 Å². The average molecular weight is 253 g/mol. The van der Waals surface area contributed by atoms with Gasteiger partial charge in [0.2, 0.25) is 0 Å². The van der Waals surface area contributed by atoms with E-state index in [1.807, 2.05) is 0 Å². The molecule has 2 aliphatic carbocycles. The first-order valence-corrected chi connectivity index (χ1v) is 6.87. The summed E-state index contributed by atoms with van der Waals surface area (Å²) in [4.78, 5) is 12.5. The summed E-state index contributed by atoms with van der Waals surface area (Å²) < 4.78 is 1.78. The summed E-state index contributed by atoms with van der Waals surface area (Å²) in [6.45, 7) is 2.85. The molecule has 0 amide bonds. The van der Waals surface area contributed by atoms with Gasteiger partial charge in [-0.25, -0.2) is 0 Å². The lowest BCUT2D eigenvalue weighted by atomic mass is 10.1. The molecule has 0 bridgehead atoms. The Morgan fingerprint density at radius 2 is 2.24 bits per heavy atom. The van der Waals surface area contributed by atoms with Crippen molar-refractivity contribution in [3.63, 3.8) is 0 Å². The zero-order valence-electron chi connectivity index (χ0n) is 10.0. The number of carbonyl (C=O) groups excluding carboxylic acids is 1. The molecule has 17 heavy (non-hydrogen) atoms. The maximum atomic E-state index is 12.5. The largest absolute Gasteiger partial charge is 0.292 e. The third kappa shape index (κ3) is 1.71. The van der Waals surface area contributed by atoms with Crippen molar-refractivity contribution in [2.75, 3.05) is 0 Å². The van der Waals surface area contributed by atoms with E-state index < -0.39 is 0 Å². The number of rotatable bonds is 4. The second-order valence-electron chi connectivity index (χ2n) is 5.21. The predicted molar refractivity (Wildman–Crippen MR) is 66.2 cm³/mol. The Morgan fingerprint density at radius 1 is 1.53 bits per heavy atom. The van der Waals surface area contributed by atoms with Crippen molar-refractivity contribution in [3.05, 3.63) is 16.9 Å². The molecule has 2 atom stereocenters. The second-order valence-corrected chi connectivity index (χ2v) is 5.62. The molecule has 92 valence electrons. The highest BCUT2D eigenvalue weighted by molar-refractivity contribution is 6.33. The van der Waals surface area contributed by atoms with E-state index in [9.17, 15) is 4.79 Å². The molecule has 3 rings (SSSR count). The molecule has 1 aromatic heterocycles. The van der Waals surface area contributed by atoms with Crippen LogP contribution < -0.4 is 0 Å². The van der Waals surface area contributed by atoms with E-state index >= 15 is 0 Å². The van der Waals surface area contributed by atoms with Crippen LogP contribution in [0.15, 0.2) is 6.20 Å². The van der Waals surface area contributed by atoms with Gasteiger partial charge in [-0.05, 0) is 31.1 Å². The van der Waals surface area contributed by atoms with Crippen LogP contribution in [0.2, 0.25) is 5.02 Å². The van der Waals surface area contributed by atoms with E-state index in [0.29, 0.717) is 22.6 Å². The second kappa shape index (κ2) is 4.13. The lowest BCUT2D eigenvalue weighted by Crippen LogP contribution is -2.14. The molecule has 0 saturated heterocycles. The maximum Gasteiger partial charge on any atom is 0.186 e. The van der Waals surface area contributed by atoms with Gasteiger partial charge in [-0.3, -0.25) is 9.48 Å². The summed E-state index contributed by atoms with van der Waals surface area (Å²) in [5.41, 5.74) is 0.646. The number of carbonyl (C=O) groups is 1. The van der Waals surface area contributed by atoms with Crippen molar-refractivity contribution in [2.45, 2.75) is 39.2 Å². The highest BCUT2D eigenvalue weighted by atomic mass is 35.5. The monoisotopic (exact) mass is 252 g/mol. The van der Waals surface area contributed by atoms with E-state index in [-0.39, 0.29) is 11.7 Å². The number of fused-ring (bicyclic) bond motifs is 1. The molecule has 0 N–H and O–H groups in total. The number of hydrogen-bond acceptors (Lipinski definition) is 2. The quantitative estimate of drug-likeness (QED) is 0.772. The van der Waals surface area contributed by atoms with Crippen LogP contribution in [0.5, 0.6) is 0 Å². The van der Waals surface area contributed by atoms with E-state index in [1.165, 1.54) is 19.3 Å². The lowest BCUT2D eigenvalue weighted by Gasteiger charge is -2.07. The molecule has 2 unspecified atom stereocenters. The Kier molecular flexibility index (Phi) is 2.74. The molecular formula is C13H17ClN2O. The number of aryl methyl sites for hydroxylation is 1. The molecule has 1 heterocycles. The SMILES string of the molecule is CCCn1ncc(Cl)c1C(=O)C1C2CCCC21. The van der Waals surface area contributed by atoms with Gasteiger partial charge in [0.1, 0.15) is 5.69 Å². The molecule has 0 aliphatic heterocycles. The zero-order valence-corrected chi connectivity index (χ0v) is 10.8. The topological polar surface area (TPSA) is 34.9 Å². The number of nitrogens with zero attached hydrogens (tertiary/aromatic N) is 2. The van der Waals surface area contributed by atoms with Gasteiger partial charge in [0, 0.05) is 12.5 Å². The minimum Gasteiger partial charge on any atom is -0.292 e. The Bertz CT molecular complexity index is 444. The molecular weight excluding hydrogens is 236 g/mol. The molecule has 1 aromatic rings. The van der Waals surface area contributed by atoms with Gasteiger partial charge in [-0.1, -0.05) is 24.9 Å². The number of halogens is 1. The molecule has 3 nitrogen and oxygen atoms in total. The Morgan fingerprint density at radius 3 is 2.88 bits per heavy atom. The predicted octanol–water partition coefficient (Wildman–Crippen LogP) is 3.18. The number of Topliss-reactive ketones (excluding diaryl/α,β-unsaturated/α-hetero) is 1. The van der Waals surface area contributed by atoms with Crippen LogP contribution in [0.25, 0.3) is 0 Å². The average Bonchev–Trinajstić information content (AvgIpc) is 2.66. The Labute approximate surface area is 106 Å². The third-order valence-electron chi connectivity index (χ3n) is 4.17. The van der Waals surface area contributed by atoms with Crippen LogP contribution in [-0.2, 0) is 6.54 Å². The van der Waals surface area contributed by atoms with E-state index in [0.717, 1.165) is 13.0 Å². The summed E-state index contributed by atoms with van der Waals surface area (Å²) >= 11 is 6.10. The Hall–Kier alpha value is -0.830. The van der Waals surface area contributed by atoms with Crippen LogP contribution >= 0.6 is 11.6 Å². The first-order valence-electron chi connectivity index (χ1n) is 6.49. The Balaban J connectivity index is 1.84. The zero-order chi connectivity index (χ0) is 12.0. The molecule has 2 fully saturated rings. The summed E-state index contributed by atoms with van der Waals surface area (Å²) in [5, 5.41) is 4.72. The smallest absolute Gasteiger partial charge is 0.186 e. The highest BCUT2D eigenvalue weighted by Gasteiger charge is 2.57. The lowest BCUT2D eigenvalue weighted by molar-refractivity contribution is 0.0940. The normalized spacial score (nSPS) is 30.4. The maximum absolute atomic E-state index is 12.5. The molecule has 2 aliphatic rings. The summed E-state index contributed by atoms with van der Waals surface area (Å²) in [6.07, 6.45) is 6.31. The molecule has 0 radical (unpaired) electrons. The number of hydrogen-bond donors (Lipinski definition) is 0. The fourth-order valence-electron chi connectivity index (χ4n) is 3.36. The van der Waals surface area contributed by atoms with Gasteiger partial charge >= 0.3 is 0 Å². The van der Waals surface area contributed by atoms with Crippen molar-refractivity contribution in [1.82, 2.24) is 9.78 Å². The minimum atomic E-state index is 0.232. The van der Waals surface area contributed by atoms with Gasteiger partial charge in [0.25, 0.3) is 0 Å². The van der Waals surface area contributed by atoms with Gasteiger partial charge in [0.05, 0.1) is 11.2 Å². The van der Waals surface area contributed by atoms with Crippen molar-refractivity contribution in [1.29, 1.82) is 0 Å².